The molecule has 200 valence electrons. The van der Waals surface area contributed by atoms with E-state index in [1.807, 2.05) is 48.5 Å². The molecule has 0 unspecified atom stereocenters. The first kappa shape index (κ1) is 26.4. The smallest absolute Gasteiger partial charge is 0.410 e. The van der Waals surface area contributed by atoms with Crippen LogP contribution in [0.1, 0.15) is 50.8 Å². The molecule has 5 rings (SSSR count). The van der Waals surface area contributed by atoms with Crippen molar-refractivity contribution in [2.45, 2.75) is 13.3 Å². The van der Waals surface area contributed by atoms with Crippen molar-refractivity contribution in [3.63, 3.8) is 0 Å². The molecule has 2 heterocycles. The van der Waals surface area contributed by atoms with Gasteiger partial charge in [0.1, 0.15) is 18.2 Å². The van der Waals surface area contributed by atoms with E-state index in [-0.39, 0.29) is 30.8 Å². The Balaban J connectivity index is 1.37. The van der Waals surface area contributed by atoms with Crippen molar-refractivity contribution in [2.75, 3.05) is 18.5 Å². The number of nitrogens with zero attached hydrogens (tertiary/aromatic N) is 2. The average molecular weight is 534 g/mol. The molecule has 1 aromatic heterocycles. The summed E-state index contributed by atoms with van der Waals surface area (Å²) in [5, 5.41) is 11.3. The zero-order chi connectivity index (χ0) is 28.1. The Morgan fingerprint density at radius 2 is 1.45 bits per heavy atom. The number of carboxylic acid groups (broad SMARTS) is 1. The Morgan fingerprint density at radius 1 is 0.825 bits per heavy atom. The lowest BCUT2D eigenvalue weighted by molar-refractivity contribution is 0.0631. The molecule has 3 amide bonds. The average Bonchev–Trinajstić information content (AvgIpc) is 3.22. The van der Waals surface area contributed by atoms with Gasteiger partial charge >= 0.3 is 6.09 Å². The molecule has 0 bridgehead atoms. The van der Waals surface area contributed by atoms with E-state index in [0.29, 0.717) is 16.9 Å². The molecule has 2 N–H and O–H groups in total. The highest BCUT2D eigenvalue weighted by molar-refractivity contribution is 6.21. The predicted octanol–water partition coefficient (Wildman–Crippen LogP) is 6.22. The standard InChI is InChI=1S/C32H27N3O5/c1-2-25(21-8-4-3-5-9-21)29(23-14-17-28(33-20-23)34-32(38)39)22-12-15-24(16-13-22)40-19-18-35-30(36)26-10-6-7-11-27(26)31(35)37/h3-17,20H,2,18-19H2,1H3,(H,33,34)(H,38,39). The van der Waals surface area contributed by atoms with Gasteiger partial charge in [-0.2, -0.15) is 0 Å². The fraction of sp³-hybridized carbons (Fsp3) is 0.125. The van der Waals surface area contributed by atoms with E-state index in [0.717, 1.165) is 34.3 Å². The van der Waals surface area contributed by atoms with Gasteiger partial charge in [0, 0.05) is 11.8 Å². The molecule has 0 spiro atoms. The van der Waals surface area contributed by atoms with Gasteiger partial charge in [-0.1, -0.05) is 61.5 Å². The van der Waals surface area contributed by atoms with Crippen molar-refractivity contribution < 1.29 is 24.2 Å². The minimum absolute atomic E-state index is 0.148. The van der Waals surface area contributed by atoms with Gasteiger partial charge in [-0.3, -0.25) is 19.8 Å². The van der Waals surface area contributed by atoms with Crippen molar-refractivity contribution in [3.8, 4) is 5.75 Å². The number of pyridine rings is 1. The van der Waals surface area contributed by atoms with E-state index in [2.05, 4.69) is 29.4 Å². The zero-order valence-corrected chi connectivity index (χ0v) is 21.8. The number of aromatic nitrogens is 1. The third-order valence-corrected chi connectivity index (χ3v) is 6.67. The number of benzene rings is 3. The van der Waals surface area contributed by atoms with Gasteiger partial charge in [-0.15, -0.1) is 0 Å². The van der Waals surface area contributed by atoms with E-state index in [9.17, 15) is 14.4 Å². The number of amides is 3. The van der Waals surface area contributed by atoms with Crippen LogP contribution in [-0.2, 0) is 0 Å². The Bertz CT molecular complexity index is 1540. The number of nitrogens with one attached hydrogen (secondary N) is 1. The maximum absolute atomic E-state index is 12.6. The molecule has 4 aromatic rings. The summed E-state index contributed by atoms with van der Waals surface area (Å²) in [7, 11) is 0. The van der Waals surface area contributed by atoms with Crippen LogP contribution in [0, 0.1) is 0 Å². The lowest BCUT2D eigenvalue weighted by Crippen LogP contribution is -2.33. The Hall–Kier alpha value is -5.24. The van der Waals surface area contributed by atoms with Crippen molar-refractivity contribution in [1.29, 1.82) is 0 Å². The van der Waals surface area contributed by atoms with E-state index in [4.69, 9.17) is 9.84 Å². The second-order valence-corrected chi connectivity index (χ2v) is 9.12. The second kappa shape index (κ2) is 11.7. The summed E-state index contributed by atoms with van der Waals surface area (Å²) in [4.78, 5) is 41.7. The normalized spacial score (nSPS) is 13.1. The lowest BCUT2D eigenvalue weighted by Gasteiger charge is -2.17. The summed E-state index contributed by atoms with van der Waals surface area (Å²) in [5.74, 6) is 0.243. The Kier molecular flexibility index (Phi) is 7.68. The van der Waals surface area contributed by atoms with E-state index in [1.165, 1.54) is 4.90 Å². The van der Waals surface area contributed by atoms with Crippen LogP contribution >= 0.6 is 0 Å². The lowest BCUT2D eigenvalue weighted by atomic mass is 9.89. The first-order chi connectivity index (χ1) is 19.5. The Labute approximate surface area is 231 Å². The molecule has 0 radical (unpaired) electrons. The summed E-state index contributed by atoms with van der Waals surface area (Å²) in [6.45, 7) is 2.40. The number of hydrogen-bond donors (Lipinski definition) is 2. The predicted molar refractivity (Wildman–Crippen MR) is 152 cm³/mol. The SMILES string of the molecule is CCC(=C(c1ccc(OCCN2C(=O)c3ccccc3C2=O)cc1)c1ccc(NC(=O)O)nc1)c1ccccc1. The first-order valence-electron chi connectivity index (χ1n) is 12.9. The van der Waals surface area contributed by atoms with E-state index < -0.39 is 6.09 Å². The molecule has 0 saturated heterocycles. The van der Waals surface area contributed by atoms with Gasteiger partial charge in [-0.05, 0) is 65.1 Å². The van der Waals surface area contributed by atoms with Gasteiger partial charge in [0.2, 0.25) is 0 Å². The van der Waals surface area contributed by atoms with Gasteiger partial charge in [-0.25, -0.2) is 9.78 Å². The number of anilines is 1. The molecule has 0 saturated carbocycles. The third kappa shape index (κ3) is 5.47. The summed E-state index contributed by atoms with van der Waals surface area (Å²) in [6.07, 6.45) is 1.24. The largest absolute Gasteiger partial charge is 0.492 e. The van der Waals surface area contributed by atoms with Gasteiger partial charge in [0.15, 0.2) is 0 Å². The first-order valence-corrected chi connectivity index (χ1v) is 12.9. The topological polar surface area (TPSA) is 109 Å². The number of imide groups is 1. The van der Waals surface area contributed by atoms with Crippen LogP contribution in [0.5, 0.6) is 5.75 Å². The van der Waals surface area contributed by atoms with Crippen molar-refractivity contribution >= 4 is 34.9 Å². The molecule has 8 nitrogen and oxygen atoms in total. The fourth-order valence-corrected chi connectivity index (χ4v) is 4.82. The summed E-state index contributed by atoms with van der Waals surface area (Å²) in [6, 6.07) is 28.0. The zero-order valence-electron chi connectivity index (χ0n) is 21.8. The monoisotopic (exact) mass is 533 g/mol. The maximum Gasteiger partial charge on any atom is 0.410 e. The highest BCUT2D eigenvalue weighted by atomic mass is 16.5. The number of fused-ring (bicyclic) bond motifs is 1. The molecule has 8 heteroatoms. The molecule has 1 aliphatic rings. The summed E-state index contributed by atoms with van der Waals surface area (Å²) >= 11 is 0. The van der Waals surface area contributed by atoms with Gasteiger partial charge < -0.3 is 9.84 Å². The van der Waals surface area contributed by atoms with Crippen LogP contribution in [-0.4, -0.2) is 46.0 Å². The quantitative estimate of drug-likeness (QED) is 0.195. The molecule has 3 aromatic carbocycles. The molecule has 1 aliphatic heterocycles. The second-order valence-electron chi connectivity index (χ2n) is 9.12. The van der Waals surface area contributed by atoms with Crippen LogP contribution < -0.4 is 10.1 Å². The van der Waals surface area contributed by atoms with Crippen LogP contribution in [0.4, 0.5) is 10.6 Å². The molecule has 0 atom stereocenters. The number of hydrogen-bond acceptors (Lipinski definition) is 5. The van der Waals surface area contributed by atoms with Crippen molar-refractivity contribution in [2.24, 2.45) is 0 Å². The fourth-order valence-electron chi connectivity index (χ4n) is 4.82. The molecular formula is C32H27N3O5. The molecule has 0 aliphatic carbocycles. The highest BCUT2D eigenvalue weighted by Gasteiger charge is 2.34. The van der Waals surface area contributed by atoms with Gasteiger partial charge in [0.25, 0.3) is 11.8 Å². The highest BCUT2D eigenvalue weighted by Crippen LogP contribution is 2.35. The van der Waals surface area contributed by atoms with E-state index >= 15 is 0 Å². The molecular weight excluding hydrogens is 506 g/mol. The van der Waals surface area contributed by atoms with Crippen LogP contribution in [0.25, 0.3) is 11.1 Å². The Morgan fingerprint density at radius 3 is 2.02 bits per heavy atom. The van der Waals surface area contributed by atoms with Gasteiger partial charge in [0.05, 0.1) is 17.7 Å². The minimum atomic E-state index is -1.17. The summed E-state index contributed by atoms with van der Waals surface area (Å²) in [5.41, 5.74) is 5.78. The summed E-state index contributed by atoms with van der Waals surface area (Å²) < 4.78 is 5.89. The minimum Gasteiger partial charge on any atom is -0.492 e. The van der Waals surface area contributed by atoms with Crippen molar-refractivity contribution in [3.05, 3.63) is 125 Å². The van der Waals surface area contributed by atoms with Crippen LogP contribution in [0.3, 0.4) is 0 Å². The number of carbonyl (C=O) groups is 3. The molecule has 40 heavy (non-hydrogen) atoms. The number of ether oxygens (including phenoxy) is 1. The number of rotatable bonds is 9. The number of allylic oxidation sites excluding steroid dienone is 1. The van der Waals surface area contributed by atoms with E-state index in [1.54, 1.807) is 36.5 Å². The number of carbonyl (C=O) groups excluding carboxylic acids is 2. The van der Waals surface area contributed by atoms with Crippen LogP contribution in [0.2, 0.25) is 0 Å². The van der Waals surface area contributed by atoms with Crippen molar-refractivity contribution in [1.82, 2.24) is 9.88 Å². The molecule has 0 fully saturated rings. The maximum atomic E-state index is 12.6. The van der Waals surface area contributed by atoms with Crippen LogP contribution in [0.15, 0.2) is 97.2 Å². The third-order valence-electron chi connectivity index (χ3n) is 6.67.